The van der Waals surface area contributed by atoms with Crippen molar-refractivity contribution >= 4 is 28.1 Å². The van der Waals surface area contributed by atoms with E-state index in [1.807, 2.05) is 24.3 Å². The molecule has 2 fully saturated rings. The van der Waals surface area contributed by atoms with Gasteiger partial charge < -0.3 is 10.2 Å². The summed E-state index contributed by atoms with van der Waals surface area (Å²) >= 11 is 0. The second kappa shape index (κ2) is 8.15. The fourth-order valence-electron chi connectivity index (χ4n) is 4.29. The van der Waals surface area contributed by atoms with Crippen LogP contribution in [-0.4, -0.2) is 53.3 Å². The minimum Gasteiger partial charge on any atom is -0.369 e. The second-order valence-corrected chi connectivity index (χ2v) is 8.56. The molecule has 7 heteroatoms. The second-order valence-electron chi connectivity index (χ2n) is 8.56. The number of rotatable bonds is 5. The number of amides is 1. The fourth-order valence-corrected chi connectivity index (χ4v) is 4.29. The smallest absolute Gasteiger partial charge is 0.276 e. The molecule has 3 aromatic rings. The molecule has 0 spiro atoms. The van der Waals surface area contributed by atoms with E-state index in [9.17, 15) is 9.59 Å². The largest absolute Gasteiger partial charge is 0.369 e. The van der Waals surface area contributed by atoms with E-state index in [2.05, 4.69) is 26.3 Å². The number of carbonyl (C=O) groups is 1. The molecule has 1 saturated heterocycles. The van der Waals surface area contributed by atoms with Crippen LogP contribution < -0.4 is 15.8 Å². The van der Waals surface area contributed by atoms with Crippen LogP contribution in [0, 0.1) is 5.92 Å². The average molecular weight is 418 g/mol. The quantitative estimate of drug-likeness (QED) is 0.691. The van der Waals surface area contributed by atoms with E-state index >= 15 is 0 Å². The third-order valence-electron chi connectivity index (χ3n) is 6.23. The Morgan fingerprint density at radius 2 is 1.77 bits per heavy atom. The Balaban J connectivity index is 1.32. The van der Waals surface area contributed by atoms with Crippen LogP contribution in [0.25, 0.3) is 10.8 Å². The van der Waals surface area contributed by atoms with Gasteiger partial charge >= 0.3 is 0 Å². The Bertz CT molecular complexity index is 1180. The molecule has 5 rings (SSSR count). The van der Waals surface area contributed by atoms with Crippen molar-refractivity contribution in [2.24, 2.45) is 13.0 Å². The SMILES string of the molecule is Cn1nc(C(=O)Nc2cccc(N3CCN(CC4CC4)CC3)c2)c2ccccc2c1=O. The normalized spacial score (nSPS) is 17.1. The highest BCUT2D eigenvalue weighted by molar-refractivity contribution is 6.11. The molecule has 1 saturated carbocycles. The molecule has 160 valence electrons. The number of hydrogen-bond acceptors (Lipinski definition) is 5. The summed E-state index contributed by atoms with van der Waals surface area (Å²) < 4.78 is 1.22. The molecular weight excluding hydrogens is 390 g/mol. The number of fused-ring (bicyclic) bond motifs is 1. The van der Waals surface area contributed by atoms with Crippen LogP contribution >= 0.6 is 0 Å². The summed E-state index contributed by atoms with van der Waals surface area (Å²) in [5.41, 5.74) is 1.87. The van der Waals surface area contributed by atoms with Gasteiger partial charge in [-0.05, 0) is 43.0 Å². The molecule has 1 N–H and O–H groups in total. The van der Waals surface area contributed by atoms with Crippen LogP contribution in [0.4, 0.5) is 11.4 Å². The summed E-state index contributed by atoms with van der Waals surface area (Å²) in [6, 6.07) is 15.0. The van der Waals surface area contributed by atoms with Crippen molar-refractivity contribution in [3.8, 4) is 0 Å². The maximum absolute atomic E-state index is 13.0. The number of anilines is 2. The number of carbonyl (C=O) groups excluding carboxylic acids is 1. The molecule has 1 aliphatic carbocycles. The molecule has 7 nitrogen and oxygen atoms in total. The lowest BCUT2D eigenvalue weighted by atomic mass is 10.1. The first-order valence-corrected chi connectivity index (χ1v) is 10.9. The van der Waals surface area contributed by atoms with Gasteiger partial charge in [-0.25, -0.2) is 4.68 Å². The van der Waals surface area contributed by atoms with Crippen molar-refractivity contribution in [1.82, 2.24) is 14.7 Å². The van der Waals surface area contributed by atoms with Gasteiger partial charge in [-0.3, -0.25) is 14.5 Å². The van der Waals surface area contributed by atoms with Gasteiger partial charge in [-0.2, -0.15) is 5.10 Å². The molecular formula is C24H27N5O2. The number of benzene rings is 2. The van der Waals surface area contributed by atoms with Crippen LogP contribution in [0.5, 0.6) is 0 Å². The van der Waals surface area contributed by atoms with Gasteiger partial charge in [0.25, 0.3) is 11.5 Å². The maximum Gasteiger partial charge on any atom is 0.276 e. The molecule has 0 radical (unpaired) electrons. The molecule has 2 aliphatic rings. The van der Waals surface area contributed by atoms with Crippen LogP contribution in [-0.2, 0) is 7.05 Å². The molecule has 0 bridgehead atoms. The van der Waals surface area contributed by atoms with Gasteiger partial charge in [0, 0.05) is 56.5 Å². The van der Waals surface area contributed by atoms with E-state index < -0.39 is 0 Å². The Morgan fingerprint density at radius 1 is 1.03 bits per heavy atom. The minimum atomic E-state index is -0.321. The number of hydrogen-bond donors (Lipinski definition) is 1. The Labute approximate surface area is 181 Å². The highest BCUT2D eigenvalue weighted by atomic mass is 16.2. The number of piperazine rings is 1. The Kier molecular flexibility index (Phi) is 5.19. The topological polar surface area (TPSA) is 70.5 Å². The lowest BCUT2D eigenvalue weighted by molar-refractivity contribution is 0.102. The number of aryl methyl sites for hydroxylation is 1. The predicted octanol–water partition coefficient (Wildman–Crippen LogP) is 2.72. The number of nitrogens with zero attached hydrogens (tertiary/aromatic N) is 4. The lowest BCUT2D eigenvalue weighted by Crippen LogP contribution is -2.47. The van der Waals surface area contributed by atoms with Crippen LogP contribution in [0.3, 0.4) is 0 Å². The average Bonchev–Trinajstić information content (AvgIpc) is 3.61. The number of nitrogens with one attached hydrogen (secondary N) is 1. The maximum atomic E-state index is 13.0. The van der Waals surface area contributed by atoms with E-state index in [4.69, 9.17) is 0 Å². The van der Waals surface area contributed by atoms with Gasteiger partial charge in [0.1, 0.15) is 0 Å². The third kappa shape index (κ3) is 4.18. The predicted molar refractivity (Wildman–Crippen MR) is 123 cm³/mol. The molecule has 1 aliphatic heterocycles. The van der Waals surface area contributed by atoms with E-state index in [1.165, 1.54) is 24.1 Å². The molecule has 2 heterocycles. The van der Waals surface area contributed by atoms with Crippen molar-refractivity contribution in [1.29, 1.82) is 0 Å². The fraction of sp³-hybridized carbons (Fsp3) is 0.375. The van der Waals surface area contributed by atoms with E-state index in [-0.39, 0.29) is 17.2 Å². The number of aromatic nitrogens is 2. The summed E-state index contributed by atoms with van der Waals surface area (Å²) in [6.07, 6.45) is 2.78. The zero-order valence-corrected chi connectivity index (χ0v) is 17.8. The summed E-state index contributed by atoms with van der Waals surface area (Å²) in [4.78, 5) is 30.3. The monoisotopic (exact) mass is 417 g/mol. The van der Waals surface area contributed by atoms with Gasteiger partial charge in [0.2, 0.25) is 0 Å². The minimum absolute atomic E-state index is 0.213. The van der Waals surface area contributed by atoms with E-state index in [0.29, 0.717) is 10.8 Å². The van der Waals surface area contributed by atoms with Crippen molar-refractivity contribution in [2.45, 2.75) is 12.8 Å². The summed E-state index contributed by atoms with van der Waals surface area (Å²) in [5.74, 6) is 0.602. The summed E-state index contributed by atoms with van der Waals surface area (Å²) in [5, 5.41) is 8.24. The molecule has 1 aromatic heterocycles. The van der Waals surface area contributed by atoms with Gasteiger partial charge in [0.05, 0.1) is 5.39 Å². The van der Waals surface area contributed by atoms with Crippen LogP contribution in [0.15, 0.2) is 53.3 Å². The van der Waals surface area contributed by atoms with Crippen LogP contribution in [0.1, 0.15) is 23.3 Å². The molecule has 1 amide bonds. The Hall–Kier alpha value is -3.19. The molecule has 2 aromatic carbocycles. The van der Waals surface area contributed by atoms with Crippen molar-refractivity contribution in [2.75, 3.05) is 42.9 Å². The van der Waals surface area contributed by atoms with Crippen molar-refractivity contribution < 1.29 is 4.79 Å². The summed E-state index contributed by atoms with van der Waals surface area (Å²) in [7, 11) is 1.56. The van der Waals surface area contributed by atoms with Gasteiger partial charge in [-0.15, -0.1) is 0 Å². The Morgan fingerprint density at radius 3 is 2.52 bits per heavy atom. The zero-order valence-electron chi connectivity index (χ0n) is 17.8. The highest BCUT2D eigenvalue weighted by Crippen LogP contribution is 2.30. The van der Waals surface area contributed by atoms with Crippen molar-refractivity contribution in [3.05, 3.63) is 64.6 Å². The molecule has 0 atom stereocenters. The first-order valence-electron chi connectivity index (χ1n) is 10.9. The first kappa shape index (κ1) is 19.8. The van der Waals surface area contributed by atoms with Crippen molar-refractivity contribution in [3.63, 3.8) is 0 Å². The van der Waals surface area contributed by atoms with E-state index in [1.54, 1.807) is 25.2 Å². The first-order chi connectivity index (χ1) is 15.1. The summed E-state index contributed by atoms with van der Waals surface area (Å²) in [6.45, 7) is 5.40. The standard InChI is InChI=1S/C24H27N5O2/c1-27-24(31)21-8-3-2-7-20(21)22(26-27)23(30)25-18-5-4-6-19(15-18)29-13-11-28(12-14-29)16-17-9-10-17/h2-8,15,17H,9-14,16H2,1H3,(H,25,30). The van der Waals surface area contributed by atoms with E-state index in [0.717, 1.165) is 43.5 Å². The highest BCUT2D eigenvalue weighted by Gasteiger charge is 2.26. The van der Waals surface area contributed by atoms with Gasteiger partial charge in [0.15, 0.2) is 5.69 Å². The third-order valence-corrected chi connectivity index (χ3v) is 6.23. The molecule has 31 heavy (non-hydrogen) atoms. The van der Waals surface area contributed by atoms with Gasteiger partial charge in [-0.1, -0.05) is 24.3 Å². The van der Waals surface area contributed by atoms with Crippen LogP contribution in [0.2, 0.25) is 0 Å². The molecule has 0 unspecified atom stereocenters. The zero-order chi connectivity index (χ0) is 21.4. The lowest BCUT2D eigenvalue weighted by Gasteiger charge is -2.36.